The molecule has 0 aromatic heterocycles. The van der Waals surface area contributed by atoms with Gasteiger partial charge in [0.1, 0.15) is 0 Å². The van der Waals surface area contributed by atoms with Crippen LogP contribution in [-0.4, -0.2) is 41.6 Å². The van der Waals surface area contributed by atoms with E-state index in [0.717, 1.165) is 0 Å². The maximum absolute atomic E-state index is 14.3. The summed E-state index contributed by atoms with van der Waals surface area (Å²) in [6.07, 6.45) is -8.46. The predicted molar refractivity (Wildman–Crippen MR) is 95.8 cm³/mol. The van der Waals surface area contributed by atoms with Crippen LogP contribution in [0.5, 0.6) is 0 Å². The third-order valence-corrected chi connectivity index (χ3v) is 5.17. The first-order valence-corrected chi connectivity index (χ1v) is 9.48. The highest BCUT2D eigenvalue weighted by molar-refractivity contribution is 6.02. The Morgan fingerprint density at radius 2 is 1.14 bits per heavy atom. The lowest BCUT2D eigenvalue weighted by Crippen LogP contribution is -2.71. The van der Waals surface area contributed by atoms with E-state index in [1.807, 2.05) is 0 Å². The van der Waals surface area contributed by atoms with Gasteiger partial charge in [-0.15, -0.1) is 0 Å². The van der Waals surface area contributed by atoms with E-state index < -0.39 is 59.3 Å². The Morgan fingerprint density at radius 1 is 0.686 bits per heavy atom. The van der Waals surface area contributed by atoms with Crippen molar-refractivity contribution in [3.8, 4) is 0 Å². The summed E-state index contributed by atoms with van der Waals surface area (Å²) in [5.41, 5.74) is 4.01. The molecule has 3 nitrogen and oxygen atoms in total. The molecular weight excluding hydrogens is 519 g/mol. The van der Waals surface area contributed by atoms with Crippen LogP contribution in [0.4, 0.5) is 68.5 Å². The summed E-state index contributed by atoms with van der Waals surface area (Å²) in [5.74, 6) is -41.5. The number of rotatable bonds is 8. The molecule has 198 valence electrons. The van der Waals surface area contributed by atoms with Crippen LogP contribution in [0.2, 0.25) is 0 Å². The van der Waals surface area contributed by atoms with Crippen molar-refractivity contribution in [3.05, 3.63) is 35.5 Å². The van der Waals surface area contributed by atoms with Gasteiger partial charge < -0.3 is 11.1 Å². The molecule has 1 aromatic rings. The standard InChI is InChI=1S/C19H15F13N2O/c20-14(21,15(22,23)16(24,25)17(26,27)18(28,29)19(30,31)32)13(35)11-3-1-2-4-12(11)34-10-7-5-9(33)6-8-10/h5-8,34H,1-4,33H2. The number of nitrogens with one attached hydrogen (secondary N) is 1. The first-order chi connectivity index (χ1) is 15.6. The van der Waals surface area contributed by atoms with E-state index >= 15 is 0 Å². The zero-order valence-corrected chi connectivity index (χ0v) is 17.0. The van der Waals surface area contributed by atoms with E-state index in [1.54, 1.807) is 0 Å². The van der Waals surface area contributed by atoms with Gasteiger partial charge in [0.15, 0.2) is 0 Å². The summed E-state index contributed by atoms with van der Waals surface area (Å²) in [5, 5.41) is 2.40. The third kappa shape index (κ3) is 4.50. The van der Waals surface area contributed by atoms with Crippen molar-refractivity contribution in [2.75, 3.05) is 11.1 Å². The van der Waals surface area contributed by atoms with Crippen LogP contribution >= 0.6 is 0 Å². The lowest BCUT2D eigenvalue weighted by atomic mass is 9.85. The molecule has 0 amide bonds. The molecule has 0 radical (unpaired) electrons. The van der Waals surface area contributed by atoms with Crippen LogP contribution < -0.4 is 11.1 Å². The smallest absolute Gasteiger partial charge is 0.399 e. The van der Waals surface area contributed by atoms with Crippen molar-refractivity contribution in [2.24, 2.45) is 0 Å². The first-order valence-electron chi connectivity index (χ1n) is 9.48. The monoisotopic (exact) mass is 534 g/mol. The molecule has 0 unspecified atom stereocenters. The number of allylic oxidation sites excluding steroid dienone is 2. The van der Waals surface area contributed by atoms with Crippen LogP contribution in [0.3, 0.4) is 0 Å². The van der Waals surface area contributed by atoms with Crippen molar-refractivity contribution in [1.29, 1.82) is 0 Å². The van der Waals surface area contributed by atoms with E-state index in [9.17, 15) is 61.9 Å². The Kier molecular flexibility index (Phi) is 7.15. The van der Waals surface area contributed by atoms with E-state index in [2.05, 4.69) is 5.32 Å². The number of carbonyl (C=O) groups is 1. The summed E-state index contributed by atoms with van der Waals surface area (Å²) >= 11 is 0. The number of carbonyl (C=O) groups excluding carboxylic acids is 1. The zero-order valence-electron chi connectivity index (χ0n) is 17.0. The van der Waals surface area contributed by atoms with Crippen molar-refractivity contribution in [2.45, 2.75) is 61.5 Å². The molecule has 0 atom stereocenters. The van der Waals surface area contributed by atoms with Crippen molar-refractivity contribution >= 4 is 17.2 Å². The van der Waals surface area contributed by atoms with Gasteiger partial charge >= 0.3 is 35.8 Å². The quantitative estimate of drug-likeness (QED) is 0.285. The fourth-order valence-electron chi connectivity index (χ4n) is 3.14. The van der Waals surface area contributed by atoms with Crippen molar-refractivity contribution in [1.82, 2.24) is 0 Å². The maximum atomic E-state index is 14.3. The number of nitrogens with two attached hydrogens (primary N) is 1. The first kappa shape index (κ1) is 28.6. The molecule has 35 heavy (non-hydrogen) atoms. The molecule has 0 spiro atoms. The number of hydrogen-bond acceptors (Lipinski definition) is 3. The molecule has 16 heteroatoms. The summed E-state index contributed by atoms with van der Waals surface area (Å²) in [7, 11) is 0. The molecule has 3 N–H and O–H groups in total. The number of ketones is 1. The second-order valence-corrected chi connectivity index (χ2v) is 7.61. The lowest BCUT2D eigenvalue weighted by molar-refractivity contribution is -0.435. The van der Waals surface area contributed by atoms with E-state index in [-0.39, 0.29) is 30.6 Å². The number of benzene rings is 1. The van der Waals surface area contributed by atoms with E-state index in [0.29, 0.717) is 0 Å². The number of Topliss-reactive ketones (excluding diaryl/α,β-unsaturated/α-hetero) is 1. The van der Waals surface area contributed by atoms with Gasteiger partial charge in [-0.1, -0.05) is 0 Å². The Morgan fingerprint density at radius 3 is 1.63 bits per heavy atom. The molecule has 1 aliphatic rings. The van der Waals surface area contributed by atoms with E-state index in [1.165, 1.54) is 24.3 Å². The zero-order chi connectivity index (χ0) is 27.3. The molecule has 0 bridgehead atoms. The van der Waals surface area contributed by atoms with Crippen molar-refractivity contribution in [3.63, 3.8) is 0 Å². The summed E-state index contributed by atoms with van der Waals surface area (Å²) in [6, 6.07) is 5.08. The van der Waals surface area contributed by atoms with Gasteiger partial charge in [-0.2, -0.15) is 57.1 Å². The number of halogens is 13. The second-order valence-electron chi connectivity index (χ2n) is 7.61. The summed E-state index contributed by atoms with van der Waals surface area (Å²) in [6.45, 7) is 0. The normalized spacial score (nSPS) is 16.9. The van der Waals surface area contributed by atoms with Crippen molar-refractivity contribution < 1.29 is 61.9 Å². The van der Waals surface area contributed by atoms with Gasteiger partial charge in [0.05, 0.1) is 0 Å². The minimum Gasteiger partial charge on any atom is -0.399 e. The summed E-state index contributed by atoms with van der Waals surface area (Å²) in [4.78, 5) is 12.2. The van der Waals surface area contributed by atoms with Gasteiger partial charge in [0, 0.05) is 22.6 Å². The third-order valence-electron chi connectivity index (χ3n) is 5.17. The molecule has 2 rings (SSSR count). The van der Waals surface area contributed by atoms with Gasteiger partial charge in [-0.05, 0) is 49.9 Å². The van der Waals surface area contributed by atoms with Crippen LogP contribution in [0.1, 0.15) is 25.7 Å². The van der Waals surface area contributed by atoms with Crippen LogP contribution in [0.25, 0.3) is 0 Å². The average Bonchev–Trinajstić information content (AvgIpc) is 2.73. The van der Waals surface area contributed by atoms with Crippen LogP contribution in [-0.2, 0) is 4.79 Å². The highest BCUT2D eigenvalue weighted by atomic mass is 19.4. The Balaban J connectivity index is 2.53. The predicted octanol–water partition coefficient (Wildman–Crippen LogP) is 6.82. The lowest BCUT2D eigenvalue weighted by Gasteiger charge is -2.39. The second kappa shape index (κ2) is 8.76. The van der Waals surface area contributed by atoms with E-state index in [4.69, 9.17) is 5.73 Å². The maximum Gasteiger partial charge on any atom is 0.460 e. The molecular formula is C19H15F13N2O. The minimum atomic E-state index is -8.06. The fourth-order valence-corrected chi connectivity index (χ4v) is 3.14. The molecule has 1 aliphatic carbocycles. The van der Waals surface area contributed by atoms with Gasteiger partial charge in [-0.3, -0.25) is 4.79 Å². The average molecular weight is 534 g/mol. The topological polar surface area (TPSA) is 55.1 Å². The largest absolute Gasteiger partial charge is 0.460 e. The van der Waals surface area contributed by atoms with Gasteiger partial charge in [-0.25, -0.2) is 0 Å². The minimum absolute atomic E-state index is 0.0677. The summed E-state index contributed by atoms with van der Waals surface area (Å²) < 4.78 is 174. The molecule has 0 fully saturated rings. The molecule has 0 aliphatic heterocycles. The number of alkyl halides is 13. The molecule has 1 aromatic carbocycles. The molecule has 0 heterocycles. The highest BCUT2D eigenvalue weighted by Gasteiger charge is 2.91. The highest BCUT2D eigenvalue weighted by Crippen LogP contribution is 2.60. The van der Waals surface area contributed by atoms with Gasteiger partial charge in [0.2, 0.25) is 5.78 Å². The van der Waals surface area contributed by atoms with Crippen LogP contribution in [0.15, 0.2) is 35.5 Å². The SMILES string of the molecule is Nc1ccc(NC2=C(C(=O)C(F)(F)C(F)(F)C(F)(F)C(F)(F)C(F)(F)C(F)(F)F)CCCC2)cc1. The number of anilines is 2. The fraction of sp³-hybridized carbons (Fsp3) is 0.526. The molecule has 0 saturated heterocycles. The van der Waals surface area contributed by atoms with Crippen LogP contribution in [0, 0.1) is 0 Å². The Hall–Kier alpha value is -2.68. The molecule has 0 saturated carbocycles. The Bertz CT molecular complexity index is 981. The number of nitrogen functional groups attached to an aromatic ring is 1. The van der Waals surface area contributed by atoms with Gasteiger partial charge in [0.25, 0.3) is 0 Å². The Labute approximate surface area is 188 Å². The number of hydrogen-bond donors (Lipinski definition) is 2.